The second-order valence-electron chi connectivity index (χ2n) is 6.52. The highest BCUT2D eigenvalue weighted by Crippen LogP contribution is 2.35. The van der Waals surface area contributed by atoms with Gasteiger partial charge in [-0.2, -0.15) is 0 Å². The third-order valence-corrected chi connectivity index (χ3v) is 4.13. The van der Waals surface area contributed by atoms with Crippen molar-refractivity contribution in [3.8, 4) is 0 Å². The molecule has 0 amide bonds. The molecule has 1 N–H and O–H groups in total. The van der Waals surface area contributed by atoms with Gasteiger partial charge in [-0.05, 0) is 49.3 Å². The second-order valence-corrected chi connectivity index (χ2v) is 6.52. The van der Waals surface area contributed by atoms with Gasteiger partial charge in [-0.25, -0.2) is 8.78 Å². The predicted octanol–water partition coefficient (Wildman–Crippen LogP) is 4.58. The van der Waals surface area contributed by atoms with Gasteiger partial charge in [0.2, 0.25) is 0 Å². The van der Waals surface area contributed by atoms with E-state index >= 15 is 0 Å². The van der Waals surface area contributed by atoms with Crippen LogP contribution in [0.3, 0.4) is 0 Å². The molecule has 1 aliphatic rings. The van der Waals surface area contributed by atoms with Crippen LogP contribution in [0, 0.1) is 17.0 Å². The number of hydrogen-bond donors (Lipinski definition) is 1. The zero-order chi connectivity index (χ0) is 14.0. The molecule has 1 saturated carbocycles. The van der Waals surface area contributed by atoms with Crippen molar-refractivity contribution in [2.75, 3.05) is 0 Å². The van der Waals surface area contributed by atoms with Crippen LogP contribution in [0.2, 0.25) is 0 Å². The molecule has 3 heteroatoms. The Hall–Kier alpha value is -0.960. The molecule has 0 saturated heterocycles. The zero-order valence-corrected chi connectivity index (χ0v) is 12.0. The van der Waals surface area contributed by atoms with E-state index in [4.69, 9.17) is 0 Å². The predicted molar refractivity (Wildman–Crippen MR) is 73.9 cm³/mol. The van der Waals surface area contributed by atoms with Crippen molar-refractivity contribution in [1.29, 1.82) is 0 Å². The number of rotatable bonds is 3. The number of nitrogens with one attached hydrogen (secondary N) is 1. The normalized spacial score (nSPS) is 24.2. The molecular weight excluding hydrogens is 244 g/mol. The molecule has 1 fully saturated rings. The maximum absolute atomic E-state index is 13.2. The third kappa shape index (κ3) is 3.75. The van der Waals surface area contributed by atoms with Gasteiger partial charge in [0.05, 0.1) is 0 Å². The van der Waals surface area contributed by atoms with Gasteiger partial charge in [0.1, 0.15) is 0 Å². The van der Waals surface area contributed by atoms with E-state index in [0.717, 1.165) is 18.4 Å². The van der Waals surface area contributed by atoms with Crippen LogP contribution in [0.1, 0.15) is 58.1 Å². The van der Waals surface area contributed by atoms with Gasteiger partial charge < -0.3 is 5.32 Å². The molecule has 2 atom stereocenters. The van der Waals surface area contributed by atoms with Crippen LogP contribution in [0.25, 0.3) is 0 Å². The monoisotopic (exact) mass is 267 g/mol. The standard InChI is InChI=1S/C16H23F2N/c1-11(12-6-7-14(17)15(18)9-12)19-13-5-4-8-16(2,3)10-13/h6-7,9,11,13,19H,4-5,8,10H2,1-3H3. The molecule has 19 heavy (non-hydrogen) atoms. The van der Waals surface area contributed by atoms with Crippen LogP contribution >= 0.6 is 0 Å². The highest BCUT2D eigenvalue weighted by atomic mass is 19.2. The number of halogens is 2. The molecule has 1 aromatic rings. The molecule has 0 aliphatic heterocycles. The summed E-state index contributed by atoms with van der Waals surface area (Å²) in [6.07, 6.45) is 4.80. The lowest BCUT2D eigenvalue weighted by atomic mass is 9.75. The summed E-state index contributed by atoms with van der Waals surface area (Å²) in [7, 11) is 0. The summed E-state index contributed by atoms with van der Waals surface area (Å²) in [6, 6.07) is 4.67. The van der Waals surface area contributed by atoms with E-state index in [9.17, 15) is 8.78 Å². The summed E-state index contributed by atoms with van der Waals surface area (Å²) < 4.78 is 26.2. The van der Waals surface area contributed by atoms with Crippen LogP contribution in [0.5, 0.6) is 0 Å². The van der Waals surface area contributed by atoms with E-state index in [1.54, 1.807) is 6.07 Å². The van der Waals surface area contributed by atoms with Crippen LogP contribution in [0.15, 0.2) is 18.2 Å². The van der Waals surface area contributed by atoms with Crippen LogP contribution in [-0.2, 0) is 0 Å². The molecule has 0 bridgehead atoms. The van der Waals surface area contributed by atoms with Crippen molar-refractivity contribution in [2.24, 2.45) is 5.41 Å². The van der Waals surface area contributed by atoms with Crippen molar-refractivity contribution < 1.29 is 8.78 Å². The summed E-state index contributed by atoms with van der Waals surface area (Å²) in [4.78, 5) is 0. The zero-order valence-electron chi connectivity index (χ0n) is 12.0. The van der Waals surface area contributed by atoms with Crippen molar-refractivity contribution in [3.63, 3.8) is 0 Å². The Bertz CT molecular complexity index is 442. The smallest absolute Gasteiger partial charge is 0.159 e. The summed E-state index contributed by atoms with van der Waals surface area (Å²) in [5, 5.41) is 3.55. The van der Waals surface area contributed by atoms with E-state index in [2.05, 4.69) is 19.2 Å². The maximum atomic E-state index is 13.2. The van der Waals surface area contributed by atoms with Gasteiger partial charge in [0.15, 0.2) is 11.6 Å². The van der Waals surface area contributed by atoms with Gasteiger partial charge >= 0.3 is 0 Å². The average Bonchev–Trinajstić information content (AvgIpc) is 2.31. The summed E-state index contributed by atoms with van der Waals surface area (Å²) in [6.45, 7) is 6.60. The fraction of sp³-hybridized carbons (Fsp3) is 0.625. The molecular formula is C16H23F2N. The first kappa shape index (κ1) is 14.4. The van der Waals surface area contributed by atoms with Gasteiger partial charge in [0.25, 0.3) is 0 Å². The Morgan fingerprint density at radius 2 is 2.00 bits per heavy atom. The molecule has 0 spiro atoms. The second kappa shape index (κ2) is 5.58. The molecule has 1 aliphatic carbocycles. The lowest BCUT2D eigenvalue weighted by molar-refractivity contribution is 0.191. The molecule has 1 nitrogen and oxygen atoms in total. The quantitative estimate of drug-likeness (QED) is 0.845. The SMILES string of the molecule is CC(NC1CCCC(C)(C)C1)c1ccc(F)c(F)c1. The Labute approximate surface area is 114 Å². The van der Waals surface area contributed by atoms with Crippen LogP contribution in [-0.4, -0.2) is 6.04 Å². The van der Waals surface area contributed by atoms with E-state index in [0.29, 0.717) is 11.5 Å². The fourth-order valence-corrected chi connectivity index (χ4v) is 3.07. The molecule has 2 rings (SSSR count). The highest BCUT2D eigenvalue weighted by molar-refractivity contribution is 5.21. The van der Waals surface area contributed by atoms with E-state index < -0.39 is 11.6 Å². The van der Waals surface area contributed by atoms with Gasteiger partial charge in [-0.3, -0.25) is 0 Å². The highest BCUT2D eigenvalue weighted by Gasteiger charge is 2.28. The van der Waals surface area contributed by atoms with E-state index in [1.807, 2.05) is 6.92 Å². The Morgan fingerprint density at radius 3 is 2.63 bits per heavy atom. The van der Waals surface area contributed by atoms with Gasteiger partial charge in [-0.1, -0.05) is 26.3 Å². The Kier molecular flexibility index (Phi) is 4.24. The third-order valence-electron chi connectivity index (χ3n) is 4.13. The largest absolute Gasteiger partial charge is 0.307 e. The average molecular weight is 267 g/mol. The van der Waals surface area contributed by atoms with Crippen molar-refractivity contribution in [1.82, 2.24) is 5.32 Å². The van der Waals surface area contributed by atoms with E-state index in [1.165, 1.54) is 25.0 Å². The molecule has 1 aromatic carbocycles. The first-order chi connectivity index (χ1) is 8.87. The van der Waals surface area contributed by atoms with Crippen molar-refractivity contribution in [3.05, 3.63) is 35.4 Å². The first-order valence-corrected chi connectivity index (χ1v) is 7.08. The summed E-state index contributed by atoms with van der Waals surface area (Å²) >= 11 is 0. The Morgan fingerprint density at radius 1 is 1.26 bits per heavy atom. The lowest BCUT2D eigenvalue weighted by Gasteiger charge is -2.37. The molecule has 0 heterocycles. The summed E-state index contributed by atoms with van der Waals surface area (Å²) in [5.74, 6) is -1.55. The van der Waals surface area contributed by atoms with Gasteiger partial charge in [0, 0.05) is 12.1 Å². The minimum atomic E-state index is -0.783. The van der Waals surface area contributed by atoms with Gasteiger partial charge in [-0.15, -0.1) is 0 Å². The lowest BCUT2D eigenvalue weighted by Crippen LogP contribution is -2.38. The fourth-order valence-electron chi connectivity index (χ4n) is 3.07. The maximum Gasteiger partial charge on any atom is 0.159 e. The molecule has 2 unspecified atom stereocenters. The topological polar surface area (TPSA) is 12.0 Å². The van der Waals surface area contributed by atoms with Crippen molar-refractivity contribution >= 4 is 0 Å². The minimum absolute atomic E-state index is 0.0500. The minimum Gasteiger partial charge on any atom is -0.307 e. The molecule has 0 aromatic heterocycles. The van der Waals surface area contributed by atoms with Crippen LogP contribution in [0.4, 0.5) is 8.78 Å². The number of benzene rings is 1. The van der Waals surface area contributed by atoms with E-state index in [-0.39, 0.29) is 6.04 Å². The first-order valence-electron chi connectivity index (χ1n) is 7.08. The van der Waals surface area contributed by atoms with Crippen LogP contribution < -0.4 is 5.32 Å². The Balaban J connectivity index is 2.00. The molecule has 106 valence electrons. The summed E-state index contributed by atoms with van der Waals surface area (Å²) in [5.41, 5.74) is 1.19. The molecule has 0 radical (unpaired) electrons. The van der Waals surface area contributed by atoms with Crippen molar-refractivity contribution in [2.45, 2.75) is 58.5 Å². The number of hydrogen-bond acceptors (Lipinski definition) is 1.